The lowest BCUT2D eigenvalue weighted by Gasteiger charge is -2.34. The Labute approximate surface area is 111 Å². The Balaban J connectivity index is 1.96. The molecule has 0 spiro atoms. The van der Waals surface area contributed by atoms with Gasteiger partial charge in [0.05, 0.1) is 0 Å². The van der Waals surface area contributed by atoms with Crippen LogP contribution < -0.4 is 5.32 Å². The normalized spacial score (nSPS) is 29.1. The Bertz CT molecular complexity index is 512. The number of nitrogens with zero attached hydrogens (tertiary/aromatic N) is 4. The molecule has 0 aromatic rings. The summed E-state index contributed by atoms with van der Waals surface area (Å²) in [6.45, 7) is 4.96. The minimum atomic E-state index is -0.450. The third-order valence-corrected chi connectivity index (χ3v) is 3.72. The predicted octanol–water partition coefficient (Wildman–Crippen LogP) is 0.121. The average Bonchev–Trinajstić information content (AvgIpc) is 2.85. The van der Waals surface area contributed by atoms with Crippen LogP contribution in [0.2, 0.25) is 0 Å². The molecule has 19 heavy (non-hydrogen) atoms. The number of hydrogen-bond acceptors (Lipinski definition) is 5. The first kappa shape index (κ1) is 12.0. The van der Waals surface area contributed by atoms with E-state index in [1.807, 2.05) is 18.0 Å². The first-order valence-electron chi connectivity index (χ1n) is 6.44. The van der Waals surface area contributed by atoms with Gasteiger partial charge in [-0.1, -0.05) is 6.92 Å². The molecule has 7 nitrogen and oxygen atoms in total. The summed E-state index contributed by atoms with van der Waals surface area (Å²) in [5, 5.41) is 2.36. The van der Waals surface area contributed by atoms with Crippen molar-refractivity contribution in [3.05, 3.63) is 11.9 Å². The number of carbonyl (C=O) groups is 2. The van der Waals surface area contributed by atoms with E-state index in [0.29, 0.717) is 0 Å². The monoisotopic (exact) mass is 263 g/mol. The molecule has 102 valence electrons. The van der Waals surface area contributed by atoms with E-state index in [1.54, 1.807) is 7.05 Å². The third kappa shape index (κ3) is 1.54. The highest BCUT2D eigenvalue weighted by atomic mass is 16.2. The molecule has 1 fully saturated rings. The fourth-order valence-corrected chi connectivity index (χ4v) is 2.75. The highest BCUT2D eigenvalue weighted by molar-refractivity contribution is 6.04. The number of hydrogen-bond donors (Lipinski definition) is 1. The molecule has 3 aliphatic heterocycles. The standard InChI is InChI=1S/C12H17N5O2/c1-4-5-16-7(2)6-17-8-9(13-11(16)17)15(3)12(19)14-10(8)18/h6,8-9H,4-5H2,1-3H3,(H,14,18,19). The van der Waals surface area contributed by atoms with Gasteiger partial charge < -0.3 is 14.7 Å². The number of guanidine groups is 1. The summed E-state index contributed by atoms with van der Waals surface area (Å²) >= 11 is 0. The van der Waals surface area contributed by atoms with Gasteiger partial charge in [-0.3, -0.25) is 10.1 Å². The van der Waals surface area contributed by atoms with Crippen molar-refractivity contribution in [2.45, 2.75) is 32.5 Å². The van der Waals surface area contributed by atoms with Crippen LogP contribution in [0.4, 0.5) is 4.79 Å². The van der Waals surface area contributed by atoms with E-state index in [1.165, 1.54) is 4.90 Å². The van der Waals surface area contributed by atoms with Crippen molar-refractivity contribution in [3.8, 4) is 0 Å². The van der Waals surface area contributed by atoms with E-state index < -0.39 is 12.2 Å². The summed E-state index contributed by atoms with van der Waals surface area (Å²) in [7, 11) is 1.66. The van der Waals surface area contributed by atoms with E-state index in [2.05, 4.69) is 22.1 Å². The van der Waals surface area contributed by atoms with Gasteiger partial charge >= 0.3 is 6.03 Å². The van der Waals surface area contributed by atoms with Crippen LogP contribution >= 0.6 is 0 Å². The Morgan fingerprint density at radius 1 is 1.42 bits per heavy atom. The molecule has 0 aromatic heterocycles. The van der Waals surface area contributed by atoms with E-state index >= 15 is 0 Å². The second-order valence-corrected chi connectivity index (χ2v) is 5.02. The fraction of sp³-hybridized carbons (Fsp3) is 0.583. The number of amides is 3. The van der Waals surface area contributed by atoms with Gasteiger partial charge in [0, 0.05) is 25.5 Å². The molecular formula is C12H17N5O2. The second kappa shape index (κ2) is 3.97. The molecule has 2 unspecified atom stereocenters. The number of urea groups is 1. The fourth-order valence-electron chi connectivity index (χ4n) is 2.75. The number of aliphatic imine (C=N–C) groups is 1. The molecule has 3 heterocycles. The van der Waals surface area contributed by atoms with E-state index in [4.69, 9.17) is 0 Å². The quantitative estimate of drug-likeness (QED) is 0.768. The molecule has 1 N–H and O–H groups in total. The Kier molecular flexibility index (Phi) is 2.51. The van der Waals surface area contributed by atoms with Gasteiger partial charge in [-0.05, 0) is 13.3 Å². The van der Waals surface area contributed by atoms with Crippen LogP contribution in [0.1, 0.15) is 20.3 Å². The third-order valence-electron chi connectivity index (χ3n) is 3.72. The molecular weight excluding hydrogens is 246 g/mol. The summed E-state index contributed by atoms with van der Waals surface area (Å²) in [5.41, 5.74) is 1.08. The maximum absolute atomic E-state index is 12.0. The maximum atomic E-state index is 12.0. The average molecular weight is 263 g/mol. The molecule has 0 radical (unpaired) electrons. The molecule has 3 aliphatic rings. The molecule has 0 bridgehead atoms. The van der Waals surface area contributed by atoms with Crippen LogP contribution in [0, 0.1) is 0 Å². The largest absolute Gasteiger partial charge is 0.325 e. The number of allylic oxidation sites excluding steroid dienone is 1. The first-order valence-corrected chi connectivity index (χ1v) is 6.44. The molecule has 0 saturated carbocycles. The van der Waals surface area contributed by atoms with Gasteiger partial charge in [0.2, 0.25) is 5.96 Å². The van der Waals surface area contributed by atoms with Crippen molar-refractivity contribution >= 4 is 17.9 Å². The van der Waals surface area contributed by atoms with Gasteiger partial charge in [-0.2, -0.15) is 0 Å². The number of carbonyl (C=O) groups excluding carboxylic acids is 2. The van der Waals surface area contributed by atoms with Crippen LogP contribution in [0.5, 0.6) is 0 Å². The Hall–Kier alpha value is -2.05. The van der Waals surface area contributed by atoms with Crippen LogP contribution in [0.3, 0.4) is 0 Å². The Morgan fingerprint density at radius 2 is 2.16 bits per heavy atom. The lowest BCUT2D eigenvalue weighted by molar-refractivity contribution is -0.126. The topological polar surface area (TPSA) is 68.2 Å². The zero-order valence-electron chi connectivity index (χ0n) is 11.3. The van der Waals surface area contributed by atoms with E-state index in [-0.39, 0.29) is 11.9 Å². The highest BCUT2D eigenvalue weighted by Gasteiger charge is 2.51. The first-order chi connectivity index (χ1) is 9.04. The van der Waals surface area contributed by atoms with Gasteiger partial charge in [-0.25, -0.2) is 9.79 Å². The van der Waals surface area contributed by atoms with Crippen LogP contribution in [-0.4, -0.2) is 58.4 Å². The molecule has 0 aliphatic carbocycles. The summed E-state index contributed by atoms with van der Waals surface area (Å²) in [6, 6.07) is -0.839. The highest BCUT2D eigenvalue weighted by Crippen LogP contribution is 2.31. The van der Waals surface area contributed by atoms with Gasteiger partial charge in [-0.15, -0.1) is 0 Å². The smallest absolute Gasteiger partial charge is 0.315 e. The van der Waals surface area contributed by atoms with Crippen molar-refractivity contribution in [2.75, 3.05) is 13.6 Å². The van der Waals surface area contributed by atoms with Crippen LogP contribution in [-0.2, 0) is 4.79 Å². The Morgan fingerprint density at radius 3 is 2.84 bits per heavy atom. The molecule has 1 saturated heterocycles. The zero-order valence-corrected chi connectivity index (χ0v) is 11.3. The van der Waals surface area contributed by atoms with Crippen molar-refractivity contribution in [1.82, 2.24) is 20.0 Å². The number of rotatable bonds is 2. The molecule has 7 heteroatoms. The summed E-state index contributed by atoms with van der Waals surface area (Å²) < 4.78 is 0. The van der Waals surface area contributed by atoms with Gasteiger partial charge in [0.15, 0.2) is 12.2 Å². The minimum absolute atomic E-state index is 0.283. The second-order valence-electron chi connectivity index (χ2n) is 5.02. The predicted molar refractivity (Wildman–Crippen MR) is 68.9 cm³/mol. The van der Waals surface area contributed by atoms with E-state index in [0.717, 1.165) is 24.6 Å². The lowest BCUT2D eigenvalue weighted by Crippen LogP contribution is -2.62. The van der Waals surface area contributed by atoms with Crippen molar-refractivity contribution in [2.24, 2.45) is 4.99 Å². The zero-order chi connectivity index (χ0) is 13.7. The summed E-state index contributed by atoms with van der Waals surface area (Å²) in [5.74, 6) is 0.486. The molecule has 0 aromatic carbocycles. The van der Waals surface area contributed by atoms with Gasteiger partial charge in [0.25, 0.3) is 5.91 Å². The van der Waals surface area contributed by atoms with Crippen molar-refractivity contribution < 1.29 is 9.59 Å². The van der Waals surface area contributed by atoms with Gasteiger partial charge in [0.1, 0.15) is 0 Å². The van der Waals surface area contributed by atoms with Crippen molar-refractivity contribution in [3.63, 3.8) is 0 Å². The number of imide groups is 1. The SMILES string of the molecule is CCCN1C(C)=CN2C1=NC1C2C(=O)NC(=O)N1C. The van der Waals surface area contributed by atoms with Crippen molar-refractivity contribution in [1.29, 1.82) is 0 Å². The maximum Gasteiger partial charge on any atom is 0.325 e. The number of nitrogens with one attached hydrogen (secondary N) is 1. The number of fused-ring (bicyclic) bond motifs is 3. The molecule has 2 atom stereocenters. The molecule has 3 amide bonds. The van der Waals surface area contributed by atoms with E-state index in [9.17, 15) is 9.59 Å². The molecule has 3 rings (SSSR count). The summed E-state index contributed by atoms with van der Waals surface area (Å²) in [4.78, 5) is 33.6. The van der Waals surface area contributed by atoms with Crippen LogP contribution in [0.25, 0.3) is 0 Å². The minimum Gasteiger partial charge on any atom is -0.315 e. The number of likely N-dealkylation sites (N-methyl/N-ethyl adjacent to an activating group) is 1. The van der Waals surface area contributed by atoms with Crippen LogP contribution in [0.15, 0.2) is 16.9 Å². The summed E-state index contributed by atoms with van der Waals surface area (Å²) in [6.07, 6.45) is 2.50. The lowest BCUT2D eigenvalue weighted by atomic mass is 10.1.